The van der Waals surface area contributed by atoms with E-state index < -0.39 is 0 Å². The number of hydrogen-bond acceptors (Lipinski definition) is 3. The van der Waals surface area contributed by atoms with Crippen molar-refractivity contribution in [1.82, 2.24) is 9.55 Å². The fourth-order valence-corrected chi connectivity index (χ4v) is 1.81. The molecule has 2 aromatic rings. The maximum atomic E-state index is 6.01. The number of nitrogens with two attached hydrogens (primary N) is 2. The molecule has 5 heteroatoms. The summed E-state index contributed by atoms with van der Waals surface area (Å²) in [6, 6.07) is 10.2. The van der Waals surface area contributed by atoms with E-state index >= 15 is 0 Å². The predicted molar refractivity (Wildman–Crippen MR) is 77.9 cm³/mol. The van der Waals surface area contributed by atoms with Crippen molar-refractivity contribution in [2.45, 2.75) is 26.4 Å². The molecule has 0 aliphatic heterocycles. The highest BCUT2D eigenvalue weighted by Crippen LogP contribution is 2.15. The van der Waals surface area contributed by atoms with Crippen LogP contribution in [0.25, 0.3) is 0 Å². The molecule has 1 aromatic heterocycles. The number of nitrogen functional groups attached to an aromatic ring is 1. The molecule has 0 aliphatic rings. The molecule has 0 radical (unpaired) electrons. The molecule has 100 valence electrons. The SMILES string of the molecule is CC(C)n1cnc(C(N)=NCc2ccccc2)c1N. The van der Waals surface area contributed by atoms with Crippen LogP contribution >= 0.6 is 0 Å². The van der Waals surface area contributed by atoms with Crippen molar-refractivity contribution in [3.63, 3.8) is 0 Å². The van der Waals surface area contributed by atoms with Gasteiger partial charge in [0.25, 0.3) is 0 Å². The quantitative estimate of drug-likeness (QED) is 0.648. The van der Waals surface area contributed by atoms with Gasteiger partial charge in [-0.15, -0.1) is 0 Å². The van der Waals surface area contributed by atoms with Crippen LogP contribution in [-0.2, 0) is 6.54 Å². The van der Waals surface area contributed by atoms with Crippen LogP contribution in [0.15, 0.2) is 41.7 Å². The number of aromatic nitrogens is 2. The molecule has 0 saturated heterocycles. The first kappa shape index (κ1) is 13.1. The lowest BCUT2D eigenvalue weighted by atomic mass is 10.2. The van der Waals surface area contributed by atoms with Crippen LogP contribution in [0.4, 0.5) is 5.82 Å². The zero-order chi connectivity index (χ0) is 13.8. The molecule has 0 atom stereocenters. The van der Waals surface area contributed by atoms with Crippen molar-refractivity contribution >= 4 is 11.7 Å². The lowest BCUT2D eigenvalue weighted by Gasteiger charge is -2.08. The Morgan fingerprint density at radius 3 is 2.58 bits per heavy atom. The first-order chi connectivity index (χ1) is 9.09. The average Bonchev–Trinajstić information content (AvgIpc) is 2.79. The van der Waals surface area contributed by atoms with Crippen LogP contribution in [0.2, 0.25) is 0 Å². The van der Waals surface area contributed by atoms with Crippen molar-refractivity contribution in [2.24, 2.45) is 10.7 Å². The number of benzene rings is 1. The van der Waals surface area contributed by atoms with Gasteiger partial charge in [0.05, 0.1) is 12.9 Å². The summed E-state index contributed by atoms with van der Waals surface area (Å²) >= 11 is 0. The molecule has 0 saturated carbocycles. The maximum absolute atomic E-state index is 6.01. The molecule has 1 heterocycles. The van der Waals surface area contributed by atoms with Crippen molar-refractivity contribution < 1.29 is 0 Å². The Balaban J connectivity index is 2.18. The summed E-state index contributed by atoms with van der Waals surface area (Å²) < 4.78 is 1.88. The normalized spacial score (nSPS) is 12.1. The molecule has 5 nitrogen and oxygen atoms in total. The highest BCUT2D eigenvalue weighted by molar-refractivity contribution is 5.99. The Morgan fingerprint density at radius 1 is 1.32 bits per heavy atom. The van der Waals surface area contributed by atoms with E-state index in [0.717, 1.165) is 5.56 Å². The maximum Gasteiger partial charge on any atom is 0.148 e. The van der Waals surface area contributed by atoms with Gasteiger partial charge < -0.3 is 16.0 Å². The molecule has 4 N–H and O–H groups in total. The summed E-state index contributed by atoms with van der Waals surface area (Å²) in [6.45, 7) is 4.61. The Hall–Kier alpha value is -2.30. The van der Waals surface area contributed by atoms with E-state index in [1.807, 2.05) is 48.7 Å². The topological polar surface area (TPSA) is 82.2 Å². The molecule has 2 rings (SSSR count). The molecule has 19 heavy (non-hydrogen) atoms. The van der Waals surface area contributed by atoms with Gasteiger partial charge in [-0.2, -0.15) is 0 Å². The Labute approximate surface area is 113 Å². The van der Waals surface area contributed by atoms with E-state index in [-0.39, 0.29) is 6.04 Å². The van der Waals surface area contributed by atoms with E-state index in [1.165, 1.54) is 0 Å². The number of imidazole rings is 1. The van der Waals surface area contributed by atoms with E-state index in [4.69, 9.17) is 11.5 Å². The summed E-state index contributed by atoms with van der Waals surface area (Å²) in [5.41, 5.74) is 13.6. The highest BCUT2D eigenvalue weighted by atomic mass is 15.1. The molecule has 1 aromatic carbocycles. The summed E-state index contributed by atoms with van der Waals surface area (Å²) in [7, 11) is 0. The Morgan fingerprint density at radius 2 is 2.00 bits per heavy atom. The average molecular weight is 257 g/mol. The smallest absolute Gasteiger partial charge is 0.148 e. The molecular weight excluding hydrogens is 238 g/mol. The summed E-state index contributed by atoms with van der Waals surface area (Å²) in [5.74, 6) is 0.935. The molecule has 0 bridgehead atoms. The van der Waals surface area contributed by atoms with E-state index in [9.17, 15) is 0 Å². The van der Waals surface area contributed by atoms with Gasteiger partial charge >= 0.3 is 0 Å². The van der Waals surface area contributed by atoms with Gasteiger partial charge in [-0.3, -0.25) is 4.99 Å². The highest BCUT2D eigenvalue weighted by Gasteiger charge is 2.12. The van der Waals surface area contributed by atoms with Crippen LogP contribution in [0.1, 0.15) is 31.1 Å². The van der Waals surface area contributed by atoms with E-state index in [2.05, 4.69) is 9.98 Å². The van der Waals surface area contributed by atoms with Gasteiger partial charge in [-0.05, 0) is 19.4 Å². The van der Waals surface area contributed by atoms with Gasteiger partial charge in [0.2, 0.25) is 0 Å². The van der Waals surface area contributed by atoms with Gasteiger partial charge in [-0.25, -0.2) is 4.98 Å². The summed E-state index contributed by atoms with van der Waals surface area (Å²) in [4.78, 5) is 8.57. The lowest BCUT2D eigenvalue weighted by molar-refractivity contribution is 0.607. The number of nitrogens with zero attached hydrogens (tertiary/aromatic N) is 3. The minimum absolute atomic E-state index is 0.253. The van der Waals surface area contributed by atoms with Gasteiger partial charge in [0.1, 0.15) is 17.3 Å². The molecule has 0 aliphatic carbocycles. The van der Waals surface area contributed by atoms with Crippen LogP contribution in [0.3, 0.4) is 0 Å². The second-order valence-corrected chi connectivity index (χ2v) is 4.67. The monoisotopic (exact) mass is 257 g/mol. The number of aliphatic imine (C=N–C) groups is 1. The number of hydrogen-bond donors (Lipinski definition) is 2. The second kappa shape index (κ2) is 5.56. The van der Waals surface area contributed by atoms with Gasteiger partial charge in [0.15, 0.2) is 0 Å². The third kappa shape index (κ3) is 2.93. The minimum Gasteiger partial charge on any atom is -0.383 e. The van der Waals surface area contributed by atoms with Crippen LogP contribution in [0, 0.1) is 0 Å². The van der Waals surface area contributed by atoms with Gasteiger partial charge in [0, 0.05) is 6.04 Å². The van der Waals surface area contributed by atoms with Crippen LogP contribution in [-0.4, -0.2) is 15.4 Å². The zero-order valence-corrected chi connectivity index (χ0v) is 11.2. The molecule has 0 fully saturated rings. The number of amidine groups is 1. The molecule has 0 spiro atoms. The summed E-state index contributed by atoms with van der Waals surface area (Å²) in [5, 5.41) is 0. The van der Waals surface area contributed by atoms with Crippen molar-refractivity contribution in [3.8, 4) is 0 Å². The largest absolute Gasteiger partial charge is 0.383 e. The van der Waals surface area contributed by atoms with Gasteiger partial charge in [-0.1, -0.05) is 30.3 Å². The first-order valence-electron chi connectivity index (χ1n) is 6.26. The summed E-state index contributed by atoms with van der Waals surface area (Å²) in [6.07, 6.45) is 1.69. The molecular formula is C14H19N5. The Kier molecular flexibility index (Phi) is 3.85. The standard InChI is InChI=1S/C14H19N5/c1-10(2)19-9-18-12(14(19)16)13(15)17-8-11-6-4-3-5-7-11/h3-7,9-10H,8,16H2,1-2H3,(H2,15,17). The molecule has 0 amide bonds. The third-order valence-electron chi connectivity index (χ3n) is 2.91. The number of rotatable bonds is 4. The molecule has 0 unspecified atom stereocenters. The van der Waals surface area contributed by atoms with Crippen LogP contribution < -0.4 is 11.5 Å². The first-order valence-corrected chi connectivity index (χ1v) is 6.26. The van der Waals surface area contributed by atoms with E-state index in [1.54, 1.807) is 6.33 Å². The van der Waals surface area contributed by atoms with Crippen molar-refractivity contribution in [3.05, 3.63) is 47.9 Å². The second-order valence-electron chi connectivity index (χ2n) is 4.67. The van der Waals surface area contributed by atoms with E-state index in [0.29, 0.717) is 23.9 Å². The lowest BCUT2D eigenvalue weighted by Crippen LogP contribution is -2.17. The number of anilines is 1. The van der Waals surface area contributed by atoms with Crippen molar-refractivity contribution in [2.75, 3.05) is 5.73 Å². The Bertz CT molecular complexity index is 569. The predicted octanol–water partition coefficient (Wildman–Crippen LogP) is 1.95. The fraction of sp³-hybridized carbons (Fsp3) is 0.286. The fourth-order valence-electron chi connectivity index (χ4n) is 1.81. The van der Waals surface area contributed by atoms with Crippen molar-refractivity contribution in [1.29, 1.82) is 0 Å². The minimum atomic E-state index is 0.253. The third-order valence-corrected chi connectivity index (χ3v) is 2.91. The van der Waals surface area contributed by atoms with Crippen LogP contribution in [0.5, 0.6) is 0 Å². The zero-order valence-electron chi connectivity index (χ0n) is 11.2.